The topological polar surface area (TPSA) is 139 Å². The predicted molar refractivity (Wildman–Crippen MR) is 205 cm³/mol. The summed E-state index contributed by atoms with van der Waals surface area (Å²) in [6.07, 6.45) is -0.397. The molecular formula is C40H56N6O4. The lowest BCUT2D eigenvalue weighted by molar-refractivity contribution is -0.141. The van der Waals surface area contributed by atoms with E-state index in [9.17, 15) is 9.59 Å². The van der Waals surface area contributed by atoms with E-state index in [1.807, 2.05) is 69.7 Å². The molecule has 4 aromatic carbocycles. The molecular weight excluding hydrogens is 628 g/mol. The number of ether oxygens (including phenoxy) is 2. The maximum atomic E-state index is 11.6. The van der Waals surface area contributed by atoms with Crippen LogP contribution in [-0.2, 0) is 14.3 Å². The van der Waals surface area contributed by atoms with E-state index >= 15 is 0 Å². The molecule has 0 unspecified atom stereocenters. The van der Waals surface area contributed by atoms with Gasteiger partial charge in [0.1, 0.15) is 13.2 Å². The van der Waals surface area contributed by atoms with Gasteiger partial charge in [0.2, 0.25) is 0 Å². The SMILES string of the molecule is CC(=O)OCC1c2ccccc2-c2ccccc21.CCNC.CNC.CNCN.CNCNC(=O)OCC1c2ccccc2-c2ccccc21. The first-order valence-electron chi connectivity index (χ1n) is 17.0. The predicted octanol–water partition coefficient (Wildman–Crippen LogP) is 5.25. The molecule has 0 spiro atoms. The number of nitrogens with two attached hydrogens (primary N) is 1. The number of hydrogen-bond acceptors (Lipinski definition) is 9. The molecule has 270 valence electrons. The number of nitrogens with one attached hydrogen (secondary N) is 5. The van der Waals surface area contributed by atoms with Crippen LogP contribution in [0.5, 0.6) is 0 Å². The van der Waals surface area contributed by atoms with Crippen LogP contribution in [-0.4, -0.2) is 80.4 Å². The quantitative estimate of drug-likeness (QED) is 0.109. The molecule has 0 radical (unpaired) electrons. The summed E-state index contributed by atoms with van der Waals surface area (Å²) in [5, 5.41) is 13.9. The van der Waals surface area contributed by atoms with Crippen LogP contribution in [0, 0.1) is 0 Å². The molecule has 2 aliphatic rings. The number of rotatable bonds is 8. The highest BCUT2D eigenvalue weighted by atomic mass is 16.5. The standard InChI is InChI=1S/C17H18N2O2.C16H14O2.C3H9N.C2H8N2.C2H7N/c1-18-11-19-17(20)21-10-16-14-8-4-2-6-12(14)13-7-3-5-9-15(13)16;1-11(17)18-10-16-14-8-4-2-6-12(14)13-7-3-5-9-15(13)16;1-3-4-2;1-4-2-3;1-3-2/h2-9,16,18H,10-11H2,1H3,(H,19,20);2-9,16H,10H2,1H3;4H,3H2,1-2H3;4H,2-3H2,1H3;3H,1-2H3. The number of benzene rings is 4. The fourth-order valence-corrected chi connectivity index (χ4v) is 5.45. The van der Waals surface area contributed by atoms with E-state index in [0.717, 1.165) is 6.54 Å². The third-order valence-corrected chi connectivity index (χ3v) is 7.73. The van der Waals surface area contributed by atoms with Gasteiger partial charge in [-0.15, -0.1) is 0 Å². The summed E-state index contributed by atoms with van der Waals surface area (Å²) in [5.41, 5.74) is 14.8. The van der Waals surface area contributed by atoms with E-state index in [0.29, 0.717) is 26.6 Å². The minimum atomic E-state index is -0.397. The lowest BCUT2D eigenvalue weighted by Gasteiger charge is -2.14. The van der Waals surface area contributed by atoms with Crippen molar-refractivity contribution < 1.29 is 19.1 Å². The molecule has 0 fully saturated rings. The zero-order valence-corrected chi connectivity index (χ0v) is 30.6. The van der Waals surface area contributed by atoms with Gasteiger partial charge in [-0.3, -0.25) is 4.79 Å². The summed E-state index contributed by atoms with van der Waals surface area (Å²) in [4.78, 5) is 22.6. The van der Waals surface area contributed by atoms with Crippen molar-refractivity contribution in [1.29, 1.82) is 0 Å². The molecule has 0 heterocycles. The third kappa shape index (κ3) is 12.4. The first-order chi connectivity index (χ1) is 24.3. The van der Waals surface area contributed by atoms with Crippen LogP contribution in [0.2, 0.25) is 0 Å². The molecule has 50 heavy (non-hydrogen) atoms. The van der Waals surface area contributed by atoms with E-state index in [4.69, 9.17) is 15.2 Å². The summed E-state index contributed by atoms with van der Waals surface area (Å²) in [5.74, 6) is 0.0518. The van der Waals surface area contributed by atoms with Gasteiger partial charge in [-0.25, -0.2) is 4.79 Å². The Balaban J connectivity index is 0.000000270. The average Bonchev–Trinajstić information content (AvgIpc) is 3.65. The van der Waals surface area contributed by atoms with Crippen molar-refractivity contribution in [2.75, 3.05) is 68.3 Å². The van der Waals surface area contributed by atoms with E-state index in [1.165, 1.54) is 51.4 Å². The van der Waals surface area contributed by atoms with Gasteiger partial charge in [0.25, 0.3) is 0 Å². The molecule has 1 amide bonds. The van der Waals surface area contributed by atoms with Gasteiger partial charge in [0, 0.05) is 25.4 Å². The highest BCUT2D eigenvalue weighted by Crippen LogP contribution is 2.45. The van der Waals surface area contributed by atoms with Crippen LogP contribution in [0.15, 0.2) is 97.1 Å². The van der Waals surface area contributed by atoms with E-state index in [2.05, 4.69) is 82.0 Å². The summed E-state index contributed by atoms with van der Waals surface area (Å²) >= 11 is 0. The normalized spacial score (nSPS) is 11.5. The van der Waals surface area contributed by atoms with Crippen molar-refractivity contribution in [2.45, 2.75) is 25.7 Å². The van der Waals surface area contributed by atoms with Crippen molar-refractivity contribution in [3.05, 3.63) is 119 Å². The van der Waals surface area contributed by atoms with Crippen LogP contribution in [0.1, 0.15) is 47.9 Å². The highest BCUT2D eigenvalue weighted by molar-refractivity contribution is 5.80. The lowest BCUT2D eigenvalue weighted by Crippen LogP contribution is -2.33. The number of amides is 1. The van der Waals surface area contributed by atoms with Gasteiger partial charge >= 0.3 is 12.1 Å². The Labute approximate surface area is 298 Å². The molecule has 0 saturated carbocycles. The number of esters is 1. The molecule has 2 aliphatic carbocycles. The Bertz CT molecular complexity index is 1480. The van der Waals surface area contributed by atoms with Gasteiger partial charge in [-0.05, 0) is 86.3 Å². The Kier molecular flexibility index (Phi) is 19.7. The van der Waals surface area contributed by atoms with Crippen LogP contribution in [0.3, 0.4) is 0 Å². The van der Waals surface area contributed by atoms with Gasteiger partial charge in [0.05, 0.1) is 6.67 Å². The van der Waals surface area contributed by atoms with Crippen LogP contribution in [0.4, 0.5) is 4.79 Å². The molecule has 0 atom stereocenters. The molecule has 0 aromatic heterocycles. The van der Waals surface area contributed by atoms with Crippen molar-refractivity contribution in [1.82, 2.24) is 26.6 Å². The fraction of sp³-hybridized carbons (Fsp3) is 0.350. The number of carbonyl (C=O) groups is 2. The minimum absolute atomic E-state index is 0.109. The smallest absolute Gasteiger partial charge is 0.408 e. The van der Waals surface area contributed by atoms with E-state index < -0.39 is 6.09 Å². The molecule has 0 saturated heterocycles. The summed E-state index contributed by atoms with van der Waals surface area (Å²) in [7, 11) is 9.25. The Hall–Kier alpha value is -4.58. The van der Waals surface area contributed by atoms with Crippen LogP contribution < -0.4 is 32.3 Å². The van der Waals surface area contributed by atoms with Crippen molar-refractivity contribution in [3.63, 3.8) is 0 Å². The van der Waals surface area contributed by atoms with Crippen LogP contribution in [0.25, 0.3) is 22.3 Å². The average molecular weight is 685 g/mol. The number of fused-ring (bicyclic) bond motifs is 6. The highest BCUT2D eigenvalue weighted by Gasteiger charge is 2.29. The Morgan fingerprint density at radius 3 is 1.20 bits per heavy atom. The van der Waals surface area contributed by atoms with Gasteiger partial charge < -0.3 is 41.8 Å². The zero-order chi connectivity index (χ0) is 36.7. The van der Waals surface area contributed by atoms with E-state index in [1.54, 1.807) is 14.1 Å². The monoisotopic (exact) mass is 684 g/mol. The lowest BCUT2D eigenvalue weighted by atomic mass is 9.98. The third-order valence-electron chi connectivity index (χ3n) is 7.73. The number of hydrogen-bond donors (Lipinski definition) is 6. The van der Waals surface area contributed by atoms with Gasteiger partial charge in [0.15, 0.2) is 0 Å². The molecule has 4 aromatic rings. The fourth-order valence-electron chi connectivity index (χ4n) is 5.45. The largest absolute Gasteiger partial charge is 0.465 e. The molecule has 10 heteroatoms. The molecule has 6 rings (SSSR count). The molecule has 0 bridgehead atoms. The Morgan fingerprint density at radius 2 is 0.920 bits per heavy atom. The summed E-state index contributed by atoms with van der Waals surface area (Å²) in [6, 6.07) is 33.2. The molecule has 7 N–H and O–H groups in total. The van der Waals surface area contributed by atoms with Crippen LogP contribution >= 0.6 is 0 Å². The van der Waals surface area contributed by atoms with Gasteiger partial charge in [-0.1, -0.05) is 104 Å². The van der Waals surface area contributed by atoms with Crippen molar-refractivity contribution in [2.24, 2.45) is 5.73 Å². The second kappa shape index (κ2) is 23.7. The maximum absolute atomic E-state index is 11.6. The van der Waals surface area contributed by atoms with E-state index in [-0.39, 0.29) is 17.8 Å². The zero-order valence-electron chi connectivity index (χ0n) is 30.6. The molecule has 0 aliphatic heterocycles. The maximum Gasteiger partial charge on any atom is 0.408 e. The van der Waals surface area contributed by atoms with Crippen molar-refractivity contribution in [3.8, 4) is 22.3 Å². The first kappa shape index (κ1) is 41.6. The first-order valence-corrected chi connectivity index (χ1v) is 17.0. The van der Waals surface area contributed by atoms with Crippen molar-refractivity contribution >= 4 is 12.1 Å². The number of carbonyl (C=O) groups excluding carboxylic acids is 2. The second-order valence-corrected chi connectivity index (χ2v) is 11.3. The number of alkyl carbamates (subject to hydrolysis) is 1. The second-order valence-electron chi connectivity index (χ2n) is 11.3. The Morgan fingerprint density at radius 1 is 0.600 bits per heavy atom. The molecule has 10 nitrogen and oxygen atoms in total. The van der Waals surface area contributed by atoms with Gasteiger partial charge in [-0.2, -0.15) is 0 Å². The summed E-state index contributed by atoms with van der Waals surface area (Å²) in [6.45, 7) is 6.33. The summed E-state index contributed by atoms with van der Waals surface area (Å²) < 4.78 is 10.6. The minimum Gasteiger partial charge on any atom is -0.465 e.